The fraction of sp³-hybridized carbons (Fsp3) is 0.333. The first-order valence-corrected chi connectivity index (χ1v) is 11.2. The number of hydrogen-bond acceptors (Lipinski definition) is 4. The molecule has 0 bridgehead atoms. The van der Waals surface area contributed by atoms with Gasteiger partial charge in [-0.05, 0) is 41.9 Å². The Morgan fingerprint density at radius 1 is 0.897 bits per heavy atom. The molecule has 0 N–H and O–H groups in total. The van der Waals surface area contributed by atoms with E-state index in [1.165, 1.54) is 4.90 Å². The molecule has 0 saturated heterocycles. The summed E-state index contributed by atoms with van der Waals surface area (Å²) in [4.78, 5) is 27.6. The third-order valence-electron chi connectivity index (χ3n) is 5.89. The molecule has 150 valence electrons. The highest BCUT2D eigenvalue weighted by Crippen LogP contribution is 2.45. The zero-order valence-electron chi connectivity index (χ0n) is 17.1. The molecule has 4 nitrogen and oxygen atoms in total. The van der Waals surface area contributed by atoms with Crippen molar-refractivity contribution < 1.29 is 9.59 Å². The molecule has 1 aliphatic carbocycles. The van der Waals surface area contributed by atoms with Gasteiger partial charge < -0.3 is 0 Å². The summed E-state index contributed by atoms with van der Waals surface area (Å²) in [5, 5.41) is 3.53. The number of carbonyl (C=O) groups is 2. The van der Waals surface area contributed by atoms with Gasteiger partial charge >= 0.3 is 0 Å². The third-order valence-corrected chi connectivity index (χ3v) is 6.63. The Kier molecular flexibility index (Phi) is 5.61. The standard InChI is InChI=1S/C24H26N2O2S/c1-25(2)26-21-13-18(16-7-5-4-6-8-16)14-22(27)24(21)20(15-23(26)28)17-9-11-19(29-3)12-10-17/h4-12,18,20H,13-15H2,1-3H3/t18-,20+/m0/s1. The van der Waals surface area contributed by atoms with Crippen LogP contribution in [0.5, 0.6) is 0 Å². The highest BCUT2D eigenvalue weighted by atomic mass is 32.2. The van der Waals surface area contributed by atoms with Crippen molar-refractivity contribution in [2.24, 2.45) is 0 Å². The molecule has 2 aromatic rings. The lowest BCUT2D eigenvalue weighted by Crippen LogP contribution is -2.47. The molecule has 1 heterocycles. The Labute approximate surface area is 176 Å². The molecule has 29 heavy (non-hydrogen) atoms. The van der Waals surface area contributed by atoms with Crippen molar-refractivity contribution in [2.45, 2.75) is 36.0 Å². The van der Waals surface area contributed by atoms with Crippen LogP contribution in [-0.2, 0) is 9.59 Å². The smallest absolute Gasteiger partial charge is 0.242 e. The summed E-state index contributed by atoms with van der Waals surface area (Å²) in [5.41, 5.74) is 3.90. The van der Waals surface area contributed by atoms with Gasteiger partial charge in [-0.15, -0.1) is 11.8 Å². The number of hydrazine groups is 1. The van der Waals surface area contributed by atoms with Gasteiger partial charge in [0, 0.05) is 49.0 Å². The van der Waals surface area contributed by atoms with Crippen LogP contribution in [0.3, 0.4) is 0 Å². The van der Waals surface area contributed by atoms with E-state index < -0.39 is 0 Å². The van der Waals surface area contributed by atoms with Crippen molar-refractivity contribution in [3.63, 3.8) is 0 Å². The monoisotopic (exact) mass is 406 g/mol. The first-order valence-electron chi connectivity index (χ1n) is 9.95. The number of nitrogens with zero attached hydrogens (tertiary/aromatic N) is 2. The lowest BCUT2D eigenvalue weighted by Gasteiger charge is -2.42. The molecule has 0 fully saturated rings. The molecule has 0 unspecified atom stereocenters. The molecule has 0 saturated carbocycles. The van der Waals surface area contributed by atoms with E-state index in [2.05, 4.69) is 36.4 Å². The maximum atomic E-state index is 13.4. The van der Waals surface area contributed by atoms with Crippen LogP contribution in [0, 0.1) is 0 Å². The van der Waals surface area contributed by atoms with E-state index in [-0.39, 0.29) is 23.5 Å². The molecule has 4 rings (SSSR count). The van der Waals surface area contributed by atoms with Crippen LogP contribution < -0.4 is 0 Å². The average Bonchev–Trinajstić information content (AvgIpc) is 2.73. The van der Waals surface area contributed by atoms with Crippen LogP contribution in [0.15, 0.2) is 70.8 Å². The molecular formula is C24H26N2O2S. The minimum absolute atomic E-state index is 0.0502. The Bertz CT molecular complexity index is 951. The minimum atomic E-state index is -0.158. The van der Waals surface area contributed by atoms with Gasteiger partial charge in [-0.3, -0.25) is 9.59 Å². The molecular weight excluding hydrogens is 380 g/mol. The second-order valence-corrected chi connectivity index (χ2v) is 8.76. The maximum Gasteiger partial charge on any atom is 0.242 e. The summed E-state index contributed by atoms with van der Waals surface area (Å²) in [5.74, 6) is 0.164. The number of ketones is 1. The lowest BCUT2D eigenvalue weighted by atomic mass is 9.73. The summed E-state index contributed by atoms with van der Waals surface area (Å²) in [6, 6.07) is 18.4. The largest absolute Gasteiger partial charge is 0.294 e. The molecule has 2 aromatic carbocycles. The van der Waals surface area contributed by atoms with Crippen LogP contribution in [0.2, 0.25) is 0 Å². The number of amides is 1. The fourth-order valence-corrected chi connectivity index (χ4v) is 4.97. The molecule has 0 aromatic heterocycles. The number of allylic oxidation sites excluding steroid dienone is 2. The highest BCUT2D eigenvalue weighted by molar-refractivity contribution is 7.98. The van der Waals surface area contributed by atoms with Gasteiger partial charge in [0.15, 0.2) is 5.78 Å². The summed E-state index contributed by atoms with van der Waals surface area (Å²) in [6.45, 7) is 0. The van der Waals surface area contributed by atoms with Gasteiger partial charge in [-0.25, -0.2) is 10.0 Å². The Balaban J connectivity index is 1.78. The third kappa shape index (κ3) is 3.77. The average molecular weight is 407 g/mol. The fourth-order valence-electron chi connectivity index (χ4n) is 4.57. The number of hydrogen-bond donors (Lipinski definition) is 0. The van der Waals surface area contributed by atoms with Crippen molar-refractivity contribution in [3.8, 4) is 0 Å². The normalized spacial score (nSPS) is 22.3. The summed E-state index contributed by atoms with van der Waals surface area (Å²) >= 11 is 1.69. The molecule has 2 atom stereocenters. The highest BCUT2D eigenvalue weighted by Gasteiger charge is 2.42. The maximum absolute atomic E-state index is 13.4. The van der Waals surface area contributed by atoms with E-state index in [1.54, 1.807) is 16.8 Å². The SMILES string of the molecule is CSc1ccc([C@H]2CC(=O)N(N(C)C)C3=C2C(=O)C[C@@H](c2ccccc2)C3)cc1. The van der Waals surface area contributed by atoms with Crippen LogP contribution in [-0.4, -0.2) is 42.1 Å². The van der Waals surface area contributed by atoms with E-state index in [9.17, 15) is 9.59 Å². The van der Waals surface area contributed by atoms with Crippen LogP contribution in [0.4, 0.5) is 0 Å². The van der Waals surface area contributed by atoms with Gasteiger partial charge in [-0.2, -0.15) is 0 Å². The molecule has 1 aliphatic heterocycles. The summed E-state index contributed by atoms with van der Waals surface area (Å²) < 4.78 is 0. The Morgan fingerprint density at radius 3 is 2.21 bits per heavy atom. The van der Waals surface area contributed by atoms with E-state index in [0.717, 1.165) is 22.4 Å². The summed E-state index contributed by atoms with van der Waals surface area (Å²) in [6.07, 6.45) is 3.58. The number of rotatable bonds is 4. The second kappa shape index (κ2) is 8.17. The number of benzene rings is 2. The summed E-state index contributed by atoms with van der Waals surface area (Å²) in [7, 11) is 3.74. The zero-order chi connectivity index (χ0) is 20.5. The minimum Gasteiger partial charge on any atom is -0.294 e. The number of carbonyl (C=O) groups excluding carboxylic acids is 2. The molecule has 5 heteroatoms. The predicted octanol–water partition coefficient (Wildman–Crippen LogP) is 4.60. The van der Waals surface area contributed by atoms with E-state index in [4.69, 9.17) is 0 Å². The molecule has 2 aliphatic rings. The van der Waals surface area contributed by atoms with Gasteiger partial charge in [0.1, 0.15) is 0 Å². The van der Waals surface area contributed by atoms with Crippen molar-refractivity contribution in [1.29, 1.82) is 0 Å². The van der Waals surface area contributed by atoms with E-state index in [1.807, 2.05) is 43.6 Å². The predicted molar refractivity (Wildman–Crippen MR) is 117 cm³/mol. The number of thioether (sulfide) groups is 1. The second-order valence-electron chi connectivity index (χ2n) is 7.88. The van der Waals surface area contributed by atoms with Crippen molar-refractivity contribution >= 4 is 23.5 Å². The van der Waals surface area contributed by atoms with E-state index >= 15 is 0 Å². The molecule has 1 amide bonds. The topological polar surface area (TPSA) is 40.6 Å². The van der Waals surface area contributed by atoms with Gasteiger partial charge in [0.25, 0.3) is 0 Å². The van der Waals surface area contributed by atoms with E-state index in [0.29, 0.717) is 19.3 Å². The zero-order valence-corrected chi connectivity index (χ0v) is 17.9. The molecule has 0 radical (unpaired) electrons. The van der Waals surface area contributed by atoms with Crippen molar-refractivity contribution in [2.75, 3.05) is 20.4 Å². The lowest BCUT2D eigenvalue weighted by molar-refractivity contribution is -0.143. The van der Waals surface area contributed by atoms with Crippen LogP contribution >= 0.6 is 11.8 Å². The van der Waals surface area contributed by atoms with Gasteiger partial charge in [0.05, 0.1) is 0 Å². The van der Waals surface area contributed by atoms with Crippen molar-refractivity contribution in [1.82, 2.24) is 10.0 Å². The first kappa shape index (κ1) is 19.9. The van der Waals surface area contributed by atoms with Crippen molar-refractivity contribution in [3.05, 3.63) is 77.0 Å². The van der Waals surface area contributed by atoms with Gasteiger partial charge in [0.2, 0.25) is 5.91 Å². The Hall–Kier alpha value is -2.37. The molecule has 0 spiro atoms. The Morgan fingerprint density at radius 2 is 1.59 bits per heavy atom. The first-order chi connectivity index (χ1) is 14.0. The van der Waals surface area contributed by atoms with Gasteiger partial charge in [-0.1, -0.05) is 42.5 Å². The van der Waals surface area contributed by atoms with Crippen LogP contribution in [0.1, 0.15) is 42.2 Å². The quantitative estimate of drug-likeness (QED) is 0.696. The number of Topliss-reactive ketones (excluding diaryl/α,β-unsaturated/α-hetero) is 1. The van der Waals surface area contributed by atoms with Crippen LogP contribution in [0.25, 0.3) is 0 Å².